The molecule has 1 heteroatoms. The van der Waals surface area contributed by atoms with E-state index in [2.05, 4.69) is 31.2 Å². The first-order valence-electron chi connectivity index (χ1n) is 5.11. The molecule has 1 atom stereocenters. The number of benzene rings is 1. The second-order valence-electron chi connectivity index (χ2n) is 4.08. The van der Waals surface area contributed by atoms with Gasteiger partial charge in [-0.25, -0.2) is 0 Å². The van der Waals surface area contributed by atoms with Crippen molar-refractivity contribution in [3.8, 4) is 0 Å². The molecule has 70 valence electrons. The van der Waals surface area contributed by atoms with E-state index >= 15 is 0 Å². The summed E-state index contributed by atoms with van der Waals surface area (Å²) < 4.78 is 0. The van der Waals surface area contributed by atoms with E-state index in [1.165, 1.54) is 24.0 Å². The second-order valence-corrected chi connectivity index (χ2v) is 4.08. The van der Waals surface area contributed by atoms with Crippen LogP contribution in [0.4, 0.5) is 0 Å². The largest absolute Gasteiger partial charge is 0.330 e. The van der Waals surface area contributed by atoms with Crippen LogP contribution in [0.5, 0.6) is 0 Å². The normalized spacial score (nSPS) is 18.6. The minimum atomic E-state index is 0.499. The van der Waals surface area contributed by atoms with E-state index in [-0.39, 0.29) is 0 Å². The van der Waals surface area contributed by atoms with E-state index < -0.39 is 0 Å². The van der Waals surface area contributed by atoms with Crippen molar-refractivity contribution in [1.29, 1.82) is 0 Å². The van der Waals surface area contributed by atoms with Gasteiger partial charge < -0.3 is 5.73 Å². The van der Waals surface area contributed by atoms with Crippen molar-refractivity contribution in [3.05, 3.63) is 35.4 Å². The van der Waals surface area contributed by atoms with Gasteiger partial charge in [-0.2, -0.15) is 0 Å². The summed E-state index contributed by atoms with van der Waals surface area (Å²) in [6.45, 7) is 2.93. The van der Waals surface area contributed by atoms with Crippen molar-refractivity contribution in [3.63, 3.8) is 0 Å². The summed E-state index contributed by atoms with van der Waals surface area (Å²) in [5.74, 6) is 1.35. The fourth-order valence-corrected chi connectivity index (χ4v) is 1.67. The average molecular weight is 175 g/mol. The van der Waals surface area contributed by atoms with E-state index in [0.29, 0.717) is 5.92 Å². The van der Waals surface area contributed by atoms with Crippen LogP contribution in [-0.2, 0) is 0 Å². The number of rotatable bonds is 3. The molecule has 2 rings (SSSR count). The average Bonchev–Trinajstić information content (AvgIpc) is 3.00. The molecule has 1 aromatic carbocycles. The van der Waals surface area contributed by atoms with Crippen LogP contribution in [0.2, 0.25) is 0 Å². The standard InChI is InChI=1S/C12H17N/c1-9(8-13)11-3-2-4-12(7-11)10-5-6-10/h2-4,7,9-10H,5-6,8,13H2,1H3/t9-/m0/s1. The molecular formula is C12H17N. The van der Waals surface area contributed by atoms with Crippen LogP contribution in [0, 0.1) is 0 Å². The molecule has 1 fully saturated rings. The Morgan fingerprint density at radius 2 is 2.23 bits per heavy atom. The quantitative estimate of drug-likeness (QED) is 0.751. The van der Waals surface area contributed by atoms with Crippen LogP contribution in [0.15, 0.2) is 24.3 Å². The fourth-order valence-electron chi connectivity index (χ4n) is 1.67. The minimum Gasteiger partial charge on any atom is -0.330 e. The van der Waals surface area contributed by atoms with Crippen LogP contribution in [0.1, 0.15) is 42.7 Å². The van der Waals surface area contributed by atoms with Crippen molar-refractivity contribution >= 4 is 0 Å². The zero-order valence-corrected chi connectivity index (χ0v) is 8.16. The van der Waals surface area contributed by atoms with Gasteiger partial charge in [-0.05, 0) is 42.3 Å². The fraction of sp³-hybridized carbons (Fsp3) is 0.500. The maximum absolute atomic E-state index is 5.65. The van der Waals surface area contributed by atoms with Gasteiger partial charge in [0.2, 0.25) is 0 Å². The molecule has 0 saturated heterocycles. The predicted octanol–water partition coefficient (Wildman–Crippen LogP) is 2.63. The smallest absolute Gasteiger partial charge is 0.00109 e. The lowest BCUT2D eigenvalue weighted by molar-refractivity contribution is 0.772. The maximum Gasteiger partial charge on any atom is -0.00109 e. The van der Waals surface area contributed by atoms with Crippen LogP contribution < -0.4 is 5.73 Å². The molecule has 0 radical (unpaired) electrons. The molecule has 1 aromatic rings. The SMILES string of the molecule is C[C@@H](CN)c1cccc(C2CC2)c1. The van der Waals surface area contributed by atoms with E-state index in [1.807, 2.05) is 0 Å². The van der Waals surface area contributed by atoms with E-state index in [9.17, 15) is 0 Å². The highest BCUT2D eigenvalue weighted by Gasteiger charge is 2.23. The van der Waals surface area contributed by atoms with Crippen LogP contribution in [-0.4, -0.2) is 6.54 Å². The third-order valence-corrected chi connectivity index (χ3v) is 2.88. The third kappa shape index (κ3) is 1.92. The molecule has 0 bridgehead atoms. The van der Waals surface area contributed by atoms with Crippen LogP contribution in [0.25, 0.3) is 0 Å². The van der Waals surface area contributed by atoms with Gasteiger partial charge in [-0.3, -0.25) is 0 Å². The molecule has 1 saturated carbocycles. The first-order chi connectivity index (χ1) is 6.31. The number of hydrogen-bond donors (Lipinski definition) is 1. The van der Waals surface area contributed by atoms with Gasteiger partial charge in [-0.1, -0.05) is 31.2 Å². The Hall–Kier alpha value is -0.820. The molecule has 0 heterocycles. The van der Waals surface area contributed by atoms with Gasteiger partial charge in [0, 0.05) is 0 Å². The van der Waals surface area contributed by atoms with Crippen molar-refractivity contribution in [2.24, 2.45) is 5.73 Å². The summed E-state index contributed by atoms with van der Waals surface area (Å²) in [5.41, 5.74) is 8.55. The third-order valence-electron chi connectivity index (χ3n) is 2.88. The number of hydrogen-bond acceptors (Lipinski definition) is 1. The highest BCUT2D eigenvalue weighted by Crippen LogP contribution is 2.40. The Balaban J connectivity index is 2.21. The summed E-state index contributed by atoms with van der Waals surface area (Å²) in [6, 6.07) is 8.91. The van der Waals surface area contributed by atoms with E-state index in [1.54, 1.807) is 0 Å². The van der Waals surface area contributed by atoms with Gasteiger partial charge in [0.05, 0.1) is 0 Å². The molecular weight excluding hydrogens is 158 g/mol. The van der Waals surface area contributed by atoms with Gasteiger partial charge in [0.1, 0.15) is 0 Å². The van der Waals surface area contributed by atoms with Gasteiger partial charge in [0.25, 0.3) is 0 Å². The van der Waals surface area contributed by atoms with Gasteiger partial charge in [-0.15, -0.1) is 0 Å². The van der Waals surface area contributed by atoms with Crippen LogP contribution >= 0.6 is 0 Å². The molecule has 13 heavy (non-hydrogen) atoms. The second kappa shape index (κ2) is 3.51. The molecule has 0 unspecified atom stereocenters. The minimum absolute atomic E-state index is 0.499. The topological polar surface area (TPSA) is 26.0 Å². The molecule has 1 aliphatic rings. The van der Waals surface area contributed by atoms with Crippen molar-refractivity contribution in [1.82, 2.24) is 0 Å². The van der Waals surface area contributed by atoms with Crippen molar-refractivity contribution in [2.75, 3.05) is 6.54 Å². The molecule has 0 amide bonds. The zero-order chi connectivity index (χ0) is 9.26. The Kier molecular flexibility index (Phi) is 2.36. The molecule has 0 aromatic heterocycles. The summed E-state index contributed by atoms with van der Waals surface area (Å²) in [4.78, 5) is 0. The molecule has 0 aliphatic heterocycles. The Morgan fingerprint density at radius 3 is 2.85 bits per heavy atom. The first kappa shape index (κ1) is 8.76. The van der Waals surface area contributed by atoms with Crippen molar-refractivity contribution < 1.29 is 0 Å². The molecule has 0 spiro atoms. The summed E-state index contributed by atoms with van der Waals surface area (Å²) in [6.07, 6.45) is 2.75. The predicted molar refractivity (Wildman–Crippen MR) is 55.9 cm³/mol. The maximum atomic E-state index is 5.65. The van der Waals surface area contributed by atoms with E-state index in [4.69, 9.17) is 5.73 Å². The lowest BCUT2D eigenvalue weighted by Gasteiger charge is -2.10. The lowest BCUT2D eigenvalue weighted by atomic mass is 9.98. The lowest BCUT2D eigenvalue weighted by Crippen LogP contribution is -2.08. The summed E-state index contributed by atoms with van der Waals surface area (Å²) in [7, 11) is 0. The highest BCUT2D eigenvalue weighted by atomic mass is 14.5. The Morgan fingerprint density at radius 1 is 1.46 bits per heavy atom. The van der Waals surface area contributed by atoms with E-state index in [0.717, 1.165) is 12.5 Å². The van der Waals surface area contributed by atoms with Crippen LogP contribution in [0.3, 0.4) is 0 Å². The number of nitrogens with two attached hydrogens (primary N) is 1. The highest BCUT2D eigenvalue weighted by molar-refractivity contribution is 5.30. The zero-order valence-electron chi connectivity index (χ0n) is 8.16. The molecule has 2 N–H and O–H groups in total. The van der Waals surface area contributed by atoms with Gasteiger partial charge >= 0.3 is 0 Å². The Labute approximate surface area is 80.0 Å². The summed E-state index contributed by atoms with van der Waals surface area (Å²) in [5, 5.41) is 0. The Bertz CT molecular complexity index is 289. The van der Waals surface area contributed by atoms with Crippen molar-refractivity contribution in [2.45, 2.75) is 31.6 Å². The molecule has 1 nitrogen and oxygen atoms in total. The summed E-state index contributed by atoms with van der Waals surface area (Å²) >= 11 is 0. The monoisotopic (exact) mass is 175 g/mol. The first-order valence-corrected chi connectivity index (χ1v) is 5.11. The molecule has 1 aliphatic carbocycles. The van der Waals surface area contributed by atoms with Gasteiger partial charge in [0.15, 0.2) is 0 Å².